The third-order valence-corrected chi connectivity index (χ3v) is 8.83. The molecule has 0 N–H and O–H groups in total. The lowest BCUT2D eigenvalue weighted by Crippen LogP contribution is -2.47. The molecule has 5 heteroatoms. The number of rotatable bonds is 5. The number of hydrogen-bond donors (Lipinski definition) is 0. The number of nitrogens with zero attached hydrogens (tertiary/aromatic N) is 2. The summed E-state index contributed by atoms with van der Waals surface area (Å²) in [5, 5.41) is 1.18. The largest absolute Gasteiger partial charge is 0.378 e. The molecule has 5 heterocycles. The Hall–Kier alpha value is -2.21. The Morgan fingerprint density at radius 1 is 0.969 bits per heavy atom. The zero-order chi connectivity index (χ0) is 21.5. The molecule has 2 bridgehead atoms. The van der Waals surface area contributed by atoms with Crippen molar-refractivity contribution in [1.29, 1.82) is 0 Å². The van der Waals surface area contributed by atoms with Crippen LogP contribution in [0.4, 0.5) is 5.69 Å². The topological polar surface area (TPSA) is 32.8 Å². The summed E-state index contributed by atoms with van der Waals surface area (Å²) in [5.41, 5.74) is 3.74. The minimum absolute atomic E-state index is 0.331. The maximum Gasteiger partial charge on any atom is 0.173 e. The van der Waals surface area contributed by atoms with E-state index in [-0.39, 0.29) is 0 Å². The summed E-state index contributed by atoms with van der Waals surface area (Å²) in [6.07, 6.45) is 3.24. The Labute approximate surface area is 193 Å². The van der Waals surface area contributed by atoms with E-state index in [9.17, 15) is 4.79 Å². The number of Topliss-reactive ketones (excluding diaryl/α,β-unsaturated/α-hetero) is 1. The van der Waals surface area contributed by atoms with Crippen molar-refractivity contribution in [2.75, 3.05) is 50.8 Å². The molecular weight excluding hydrogens is 416 g/mol. The smallest absolute Gasteiger partial charge is 0.173 e. The van der Waals surface area contributed by atoms with Crippen molar-refractivity contribution in [2.24, 2.45) is 11.8 Å². The number of ketones is 1. The molecule has 0 unspecified atom stereocenters. The minimum atomic E-state index is 0.331. The number of morpholine rings is 1. The molecule has 0 aliphatic carbocycles. The van der Waals surface area contributed by atoms with Gasteiger partial charge in [-0.1, -0.05) is 36.4 Å². The van der Waals surface area contributed by atoms with Gasteiger partial charge in [-0.2, -0.15) is 0 Å². The van der Waals surface area contributed by atoms with Gasteiger partial charge in [0, 0.05) is 47.6 Å². The third-order valence-electron chi connectivity index (χ3n) is 7.60. The Kier molecular flexibility index (Phi) is 5.49. The fourth-order valence-electron chi connectivity index (χ4n) is 5.85. The molecule has 1 atom stereocenters. The molecule has 1 aromatic heterocycles. The van der Waals surface area contributed by atoms with Crippen LogP contribution in [0.3, 0.4) is 0 Å². The van der Waals surface area contributed by atoms with E-state index in [2.05, 4.69) is 58.3 Å². The first-order chi connectivity index (χ1) is 15.8. The molecule has 7 rings (SSSR count). The van der Waals surface area contributed by atoms with Crippen LogP contribution >= 0.6 is 11.3 Å². The van der Waals surface area contributed by atoms with E-state index in [0.29, 0.717) is 18.1 Å². The predicted molar refractivity (Wildman–Crippen MR) is 132 cm³/mol. The molecule has 3 aromatic rings. The van der Waals surface area contributed by atoms with E-state index < -0.39 is 0 Å². The van der Waals surface area contributed by atoms with Gasteiger partial charge in [0.2, 0.25) is 0 Å². The van der Waals surface area contributed by atoms with Crippen molar-refractivity contribution in [3.63, 3.8) is 0 Å². The molecule has 4 saturated heterocycles. The summed E-state index contributed by atoms with van der Waals surface area (Å²) in [7, 11) is 0. The van der Waals surface area contributed by atoms with Crippen LogP contribution in [0.2, 0.25) is 0 Å². The number of thiophene rings is 1. The number of para-hydroxylation sites is 1. The highest BCUT2D eigenvalue weighted by molar-refractivity contribution is 7.21. The second-order valence-electron chi connectivity index (χ2n) is 9.48. The molecule has 2 aromatic carbocycles. The number of fused-ring (bicyclic) bond motifs is 4. The molecule has 4 aliphatic rings. The third kappa shape index (κ3) is 3.76. The molecule has 32 heavy (non-hydrogen) atoms. The number of piperidine rings is 3. The predicted octanol–water partition coefficient (Wildman–Crippen LogP) is 5.32. The molecule has 4 aliphatic heterocycles. The summed E-state index contributed by atoms with van der Waals surface area (Å²) in [6.45, 7) is 6.95. The van der Waals surface area contributed by atoms with Crippen LogP contribution in [-0.2, 0) is 4.74 Å². The maximum atomic E-state index is 13.3. The number of carbonyl (C=O) groups excluding carboxylic acids is 1. The summed E-state index contributed by atoms with van der Waals surface area (Å²) in [6, 6.07) is 17.3. The van der Waals surface area contributed by atoms with Gasteiger partial charge >= 0.3 is 0 Å². The summed E-state index contributed by atoms with van der Waals surface area (Å²) in [5.74, 6) is 1.61. The Balaban J connectivity index is 1.31. The highest BCUT2D eigenvalue weighted by atomic mass is 32.1. The van der Waals surface area contributed by atoms with Crippen LogP contribution in [0.5, 0.6) is 0 Å². The first-order valence-corrected chi connectivity index (χ1v) is 12.8. The van der Waals surface area contributed by atoms with Crippen molar-refractivity contribution < 1.29 is 9.53 Å². The number of benzene rings is 2. The minimum Gasteiger partial charge on any atom is -0.378 e. The average molecular weight is 447 g/mol. The van der Waals surface area contributed by atoms with Gasteiger partial charge in [0.1, 0.15) is 0 Å². The van der Waals surface area contributed by atoms with Gasteiger partial charge in [-0.25, -0.2) is 0 Å². The first-order valence-electron chi connectivity index (χ1n) is 12.0. The van der Waals surface area contributed by atoms with Crippen LogP contribution < -0.4 is 4.90 Å². The fraction of sp³-hybridized carbons (Fsp3) is 0.444. The van der Waals surface area contributed by atoms with E-state index in [1.807, 2.05) is 0 Å². The number of anilines is 1. The molecule has 4 nitrogen and oxygen atoms in total. The summed E-state index contributed by atoms with van der Waals surface area (Å²) < 4.78 is 6.79. The quantitative estimate of drug-likeness (QED) is 0.497. The monoisotopic (exact) mass is 446 g/mol. The van der Waals surface area contributed by atoms with Crippen LogP contribution in [0.25, 0.3) is 21.2 Å². The lowest BCUT2D eigenvalue weighted by Gasteiger charge is -2.44. The lowest BCUT2D eigenvalue weighted by molar-refractivity contribution is 0.0442. The fourth-order valence-corrected chi connectivity index (χ4v) is 6.99. The normalized spacial score (nSPS) is 25.4. The van der Waals surface area contributed by atoms with E-state index in [1.54, 1.807) is 11.3 Å². The Bertz CT molecular complexity index is 1130. The molecule has 4 fully saturated rings. The lowest BCUT2D eigenvalue weighted by atomic mass is 9.76. The standard InChI is InChI=1S/C27H30N2O2S/c30-25(16-21-18-28-10-8-19(21)9-11-28)26-17-20-4-3-6-23(27(20)32-26)22-5-1-2-7-24(22)29-12-14-31-15-13-29/h1-7,17,19,21H,8-16,18H2/t21-/m0/s1. The van der Waals surface area contributed by atoms with Crippen molar-refractivity contribution >= 4 is 32.9 Å². The number of ether oxygens (including phenoxy) is 1. The van der Waals surface area contributed by atoms with E-state index in [0.717, 1.165) is 43.6 Å². The van der Waals surface area contributed by atoms with Gasteiger partial charge < -0.3 is 14.5 Å². The molecular formula is C27H30N2O2S. The first kappa shape index (κ1) is 20.4. The zero-order valence-electron chi connectivity index (χ0n) is 18.5. The van der Waals surface area contributed by atoms with E-state index in [1.165, 1.54) is 52.8 Å². The maximum absolute atomic E-state index is 13.3. The molecule has 0 saturated carbocycles. The second kappa shape index (κ2) is 8.62. The van der Waals surface area contributed by atoms with Gasteiger partial charge in [-0.3, -0.25) is 4.79 Å². The molecule has 0 radical (unpaired) electrons. The van der Waals surface area contributed by atoms with E-state index >= 15 is 0 Å². The van der Waals surface area contributed by atoms with Crippen LogP contribution in [0, 0.1) is 11.8 Å². The van der Waals surface area contributed by atoms with Crippen molar-refractivity contribution in [3.05, 3.63) is 53.4 Å². The van der Waals surface area contributed by atoms with E-state index in [4.69, 9.17) is 4.74 Å². The number of carbonyl (C=O) groups is 1. The Morgan fingerprint density at radius 3 is 2.53 bits per heavy atom. The molecule has 0 spiro atoms. The Morgan fingerprint density at radius 2 is 1.75 bits per heavy atom. The summed E-state index contributed by atoms with van der Waals surface area (Å²) >= 11 is 1.68. The molecule has 0 amide bonds. The van der Waals surface area contributed by atoms with Crippen LogP contribution in [0.15, 0.2) is 48.5 Å². The summed E-state index contributed by atoms with van der Waals surface area (Å²) in [4.78, 5) is 19.2. The van der Waals surface area contributed by atoms with Gasteiger partial charge in [0.15, 0.2) is 5.78 Å². The van der Waals surface area contributed by atoms with Crippen molar-refractivity contribution in [1.82, 2.24) is 4.90 Å². The SMILES string of the molecule is O=C(C[C@H]1CN2CCC1CC2)c1cc2cccc(-c3ccccc3N3CCOCC3)c2s1. The highest BCUT2D eigenvalue weighted by Crippen LogP contribution is 2.41. The highest BCUT2D eigenvalue weighted by Gasteiger charge is 2.35. The molecule has 166 valence electrons. The number of hydrogen-bond acceptors (Lipinski definition) is 5. The van der Waals surface area contributed by atoms with Gasteiger partial charge in [0.05, 0.1) is 18.1 Å². The van der Waals surface area contributed by atoms with Gasteiger partial charge in [-0.15, -0.1) is 11.3 Å². The van der Waals surface area contributed by atoms with Crippen molar-refractivity contribution in [3.8, 4) is 11.1 Å². The average Bonchev–Trinajstić information content (AvgIpc) is 3.30. The van der Waals surface area contributed by atoms with Gasteiger partial charge in [-0.05, 0) is 55.3 Å². The van der Waals surface area contributed by atoms with Crippen LogP contribution in [-0.4, -0.2) is 56.6 Å². The zero-order valence-corrected chi connectivity index (χ0v) is 19.3. The van der Waals surface area contributed by atoms with Gasteiger partial charge in [0.25, 0.3) is 0 Å². The van der Waals surface area contributed by atoms with Crippen molar-refractivity contribution in [2.45, 2.75) is 19.3 Å². The van der Waals surface area contributed by atoms with Crippen LogP contribution in [0.1, 0.15) is 28.9 Å². The second-order valence-corrected chi connectivity index (χ2v) is 10.5.